The predicted octanol–water partition coefficient (Wildman–Crippen LogP) is 5.19. The summed E-state index contributed by atoms with van der Waals surface area (Å²) in [5.74, 6) is 0. The number of nitriles is 1. The standard InChI is InChI=1S/C20H21F3N4S/c1-19(2,3)27(15-9-6-14(25)7-10-15)18(28)26(4)16-8-5-13(12-24)17(11-16)20(21,22)23/h5-11H,25H2,1-4H3. The minimum absolute atomic E-state index is 0.237. The third kappa shape index (κ3) is 4.54. The second-order valence-corrected chi connectivity index (χ2v) is 7.64. The van der Waals surface area contributed by atoms with E-state index in [2.05, 4.69) is 0 Å². The molecule has 0 saturated carbocycles. The number of nitrogen functional groups attached to an aromatic ring is 1. The summed E-state index contributed by atoms with van der Waals surface area (Å²) in [6, 6.07) is 12.2. The van der Waals surface area contributed by atoms with E-state index in [9.17, 15) is 13.2 Å². The maximum Gasteiger partial charge on any atom is 0.417 e. The van der Waals surface area contributed by atoms with Gasteiger partial charge in [0.05, 0.1) is 17.2 Å². The monoisotopic (exact) mass is 406 g/mol. The lowest BCUT2D eigenvalue weighted by atomic mass is 10.0. The van der Waals surface area contributed by atoms with Crippen molar-refractivity contribution in [2.45, 2.75) is 32.5 Å². The molecule has 0 radical (unpaired) electrons. The molecule has 0 bridgehead atoms. The molecular weight excluding hydrogens is 385 g/mol. The Bertz CT molecular complexity index is 909. The van der Waals surface area contributed by atoms with Gasteiger partial charge in [0.25, 0.3) is 0 Å². The van der Waals surface area contributed by atoms with E-state index in [1.54, 1.807) is 37.4 Å². The number of hydrogen-bond donors (Lipinski definition) is 1. The van der Waals surface area contributed by atoms with Crippen molar-refractivity contribution in [1.29, 1.82) is 5.26 Å². The Morgan fingerprint density at radius 1 is 1.04 bits per heavy atom. The number of benzene rings is 2. The first-order valence-electron chi connectivity index (χ1n) is 8.41. The Hall–Kier alpha value is -2.79. The van der Waals surface area contributed by atoms with Gasteiger partial charge in [-0.3, -0.25) is 0 Å². The summed E-state index contributed by atoms with van der Waals surface area (Å²) in [5, 5.41) is 9.29. The van der Waals surface area contributed by atoms with Crippen LogP contribution in [0.2, 0.25) is 0 Å². The molecule has 0 aromatic heterocycles. The number of nitrogens with two attached hydrogens (primary N) is 1. The van der Waals surface area contributed by atoms with E-state index < -0.39 is 22.8 Å². The Morgan fingerprint density at radius 3 is 2.04 bits per heavy atom. The van der Waals surface area contributed by atoms with Gasteiger partial charge in [-0.15, -0.1) is 0 Å². The van der Waals surface area contributed by atoms with Crippen molar-refractivity contribution in [2.24, 2.45) is 0 Å². The van der Waals surface area contributed by atoms with Crippen molar-refractivity contribution in [2.75, 3.05) is 22.6 Å². The molecule has 0 unspecified atom stereocenters. The van der Waals surface area contributed by atoms with Crippen molar-refractivity contribution in [3.8, 4) is 6.07 Å². The summed E-state index contributed by atoms with van der Waals surface area (Å²) in [6.07, 6.45) is -4.63. The highest BCUT2D eigenvalue weighted by Gasteiger charge is 2.35. The lowest BCUT2D eigenvalue weighted by molar-refractivity contribution is -0.137. The highest BCUT2D eigenvalue weighted by Crippen LogP contribution is 2.35. The Kier molecular flexibility index (Phi) is 5.90. The van der Waals surface area contributed by atoms with Crippen LogP contribution in [0.5, 0.6) is 0 Å². The summed E-state index contributed by atoms with van der Waals surface area (Å²) in [7, 11) is 1.60. The van der Waals surface area contributed by atoms with Crippen LogP contribution in [0.25, 0.3) is 0 Å². The van der Waals surface area contributed by atoms with Gasteiger partial charge < -0.3 is 15.5 Å². The molecule has 0 amide bonds. The normalized spacial score (nSPS) is 11.6. The smallest absolute Gasteiger partial charge is 0.399 e. The maximum atomic E-state index is 13.3. The number of nitrogens with zero attached hydrogens (tertiary/aromatic N) is 3. The molecule has 0 heterocycles. The molecule has 4 nitrogen and oxygen atoms in total. The number of anilines is 3. The average Bonchev–Trinajstić information content (AvgIpc) is 2.60. The SMILES string of the molecule is CN(C(=S)N(c1ccc(N)cc1)C(C)(C)C)c1ccc(C#N)c(C(F)(F)F)c1. The molecule has 28 heavy (non-hydrogen) atoms. The molecule has 2 N–H and O–H groups in total. The summed E-state index contributed by atoms with van der Waals surface area (Å²) >= 11 is 5.62. The second kappa shape index (κ2) is 7.68. The number of alkyl halides is 3. The Morgan fingerprint density at radius 2 is 1.57 bits per heavy atom. The predicted molar refractivity (Wildman–Crippen MR) is 110 cm³/mol. The second-order valence-electron chi connectivity index (χ2n) is 7.28. The van der Waals surface area contributed by atoms with Gasteiger partial charge in [-0.1, -0.05) is 0 Å². The molecule has 8 heteroatoms. The number of rotatable bonds is 2. The summed E-state index contributed by atoms with van der Waals surface area (Å²) in [5.41, 5.74) is 5.49. The van der Waals surface area contributed by atoms with Crippen LogP contribution in [-0.2, 0) is 6.18 Å². The van der Waals surface area contributed by atoms with E-state index in [1.165, 1.54) is 11.0 Å². The minimum atomic E-state index is -4.63. The van der Waals surface area contributed by atoms with Gasteiger partial charge in [0.1, 0.15) is 0 Å². The molecular formula is C20H21F3N4S. The molecule has 0 atom stereocenters. The summed E-state index contributed by atoms with van der Waals surface area (Å²) < 4.78 is 39.9. The van der Waals surface area contributed by atoms with Crippen LogP contribution in [0.15, 0.2) is 42.5 Å². The molecule has 0 spiro atoms. The van der Waals surface area contributed by atoms with Crippen molar-refractivity contribution < 1.29 is 13.2 Å². The van der Waals surface area contributed by atoms with Crippen molar-refractivity contribution >= 4 is 34.4 Å². The van der Waals surface area contributed by atoms with Gasteiger partial charge in [0.15, 0.2) is 5.11 Å². The van der Waals surface area contributed by atoms with E-state index in [0.717, 1.165) is 17.8 Å². The van der Waals surface area contributed by atoms with Crippen LogP contribution < -0.4 is 15.5 Å². The fraction of sp³-hybridized carbons (Fsp3) is 0.300. The zero-order chi connectivity index (χ0) is 21.3. The van der Waals surface area contributed by atoms with Gasteiger partial charge in [-0.05, 0) is 75.5 Å². The molecule has 0 aliphatic heterocycles. The van der Waals surface area contributed by atoms with Crippen LogP contribution in [0.4, 0.5) is 30.2 Å². The molecule has 0 saturated heterocycles. The van der Waals surface area contributed by atoms with Gasteiger partial charge in [-0.25, -0.2) is 0 Å². The molecule has 2 aromatic rings. The minimum Gasteiger partial charge on any atom is -0.399 e. The third-order valence-corrected chi connectivity index (χ3v) is 4.57. The molecule has 0 aliphatic rings. The molecule has 0 aliphatic carbocycles. The number of halogens is 3. The molecule has 148 valence electrons. The molecule has 2 rings (SSSR count). The quantitative estimate of drug-likeness (QED) is 0.550. The Balaban J connectivity index is 2.49. The third-order valence-electron chi connectivity index (χ3n) is 4.12. The Labute approximate surface area is 168 Å². The topological polar surface area (TPSA) is 56.3 Å². The van der Waals surface area contributed by atoms with Crippen LogP contribution >= 0.6 is 12.2 Å². The van der Waals surface area contributed by atoms with E-state index in [4.69, 9.17) is 23.2 Å². The van der Waals surface area contributed by atoms with Crippen LogP contribution in [0.3, 0.4) is 0 Å². The van der Waals surface area contributed by atoms with Gasteiger partial charge >= 0.3 is 6.18 Å². The first-order valence-corrected chi connectivity index (χ1v) is 8.82. The van der Waals surface area contributed by atoms with E-state index in [-0.39, 0.29) is 5.69 Å². The van der Waals surface area contributed by atoms with Crippen LogP contribution in [0.1, 0.15) is 31.9 Å². The van der Waals surface area contributed by atoms with Crippen molar-refractivity contribution in [1.82, 2.24) is 0 Å². The van der Waals surface area contributed by atoms with E-state index >= 15 is 0 Å². The lowest BCUT2D eigenvalue weighted by Crippen LogP contribution is -2.51. The number of hydrogen-bond acceptors (Lipinski definition) is 3. The van der Waals surface area contributed by atoms with Gasteiger partial charge in [0.2, 0.25) is 0 Å². The zero-order valence-corrected chi connectivity index (χ0v) is 16.8. The highest BCUT2D eigenvalue weighted by atomic mass is 32.1. The largest absolute Gasteiger partial charge is 0.417 e. The summed E-state index contributed by atoms with van der Waals surface area (Å²) in [4.78, 5) is 3.33. The van der Waals surface area contributed by atoms with Gasteiger partial charge in [0, 0.05) is 29.6 Å². The first-order chi connectivity index (χ1) is 12.9. The van der Waals surface area contributed by atoms with E-state index in [0.29, 0.717) is 10.8 Å². The van der Waals surface area contributed by atoms with Crippen LogP contribution in [-0.4, -0.2) is 17.7 Å². The average molecular weight is 406 g/mol. The summed E-state index contributed by atoms with van der Waals surface area (Å²) in [6.45, 7) is 5.84. The zero-order valence-electron chi connectivity index (χ0n) is 16.0. The molecule has 0 fully saturated rings. The lowest BCUT2D eigenvalue weighted by Gasteiger charge is -2.41. The maximum absolute atomic E-state index is 13.3. The molecule has 2 aromatic carbocycles. The van der Waals surface area contributed by atoms with Crippen molar-refractivity contribution in [3.63, 3.8) is 0 Å². The van der Waals surface area contributed by atoms with Crippen LogP contribution in [0, 0.1) is 11.3 Å². The highest BCUT2D eigenvalue weighted by molar-refractivity contribution is 7.80. The number of thiocarbonyl (C=S) groups is 1. The fourth-order valence-electron chi connectivity index (χ4n) is 2.74. The van der Waals surface area contributed by atoms with E-state index in [1.807, 2.05) is 25.7 Å². The van der Waals surface area contributed by atoms with Crippen molar-refractivity contribution in [3.05, 3.63) is 53.6 Å². The van der Waals surface area contributed by atoms with Gasteiger partial charge in [-0.2, -0.15) is 18.4 Å². The first kappa shape index (κ1) is 21.5. The fourth-order valence-corrected chi connectivity index (χ4v) is 3.23.